The quantitative estimate of drug-likeness (QED) is 0.747. The number of hydrogen-bond acceptors (Lipinski definition) is 3. The van der Waals surface area contributed by atoms with E-state index in [1.807, 2.05) is 0 Å². The summed E-state index contributed by atoms with van der Waals surface area (Å²) in [4.78, 5) is 0.257. The number of benzene rings is 2. The summed E-state index contributed by atoms with van der Waals surface area (Å²) in [5.41, 5.74) is 2.24. The lowest BCUT2D eigenvalue weighted by Gasteiger charge is -2.08. The largest absolute Gasteiger partial charge is 0.232 e. The van der Waals surface area contributed by atoms with Gasteiger partial charge in [0.2, 0.25) is 0 Å². The highest BCUT2D eigenvalue weighted by atomic mass is 32.2. The maximum absolute atomic E-state index is 13.0. The Hall–Kier alpha value is -2.47. The third kappa shape index (κ3) is 2.78. The van der Waals surface area contributed by atoms with Crippen molar-refractivity contribution in [3.8, 4) is 16.9 Å². The van der Waals surface area contributed by atoms with Crippen LogP contribution in [0, 0.1) is 12.0 Å². The van der Waals surface area contributed by atoms with Crippen LogP contribution < -0.4 is 0 Å². The van der Waals surface area contributed by atoms with Crippen LogP contribution in [-0.2, 0) is 9.84 Å². The van der Waals surface area contributed by atoms with Crippen molar-refractivity contribution in [3.63, 3.8) is 0 Å². The van der Waals surface area contributed by atoms with E-state index in [-0.39, 0.29) is 10.7 Å². The van der Waals surface area contributed by atoms with Crippen molar-refractivity contribution in [3.05, 3.63) is 66.6 Å². The van der Waals surface area contributed by atoms with Gasteiger partial charge in [0.25, 0.3) is 0 Å². The molecule has 6 heteroatoms. The molecular weight excluding hydrogens is 303 g/mol. The van der Waals surface area contributed by atoms with Crippen molar-refractivity contribution in [2.45, 2.75) is 4.90 Å². The third-order valence-electron chi connectivity index (χ3n) is 3.24. The molecule has 4 nitrogen and oxygen atoms in total. The summed E-state index contributed by atoms with van der Waals surface area (Å²) < 4.78 is 37.6. The molecule has 0 aliphatic carbocycles. The standard InChI is InChI=1S/C16H12FN2O2S/c1-22(20,21)15-8-2-12(3-9-15)16-10-11-18-19(16)14-6-4-13(17)5-7-14/h2-10H,1H3. The fraction of sp³-hybridized carbons (Fsp3) is 0.0625. The van der Waals surface area contributed by atoms with Crippen LogP contribution in [0.25, 0.3) is 16.9 Å². The molecule has 0 bridgehead atoms. The minimum Gasteiger partial charge on any atom is -0.232 e. The molecule has 0 N–H and O–H groups in total. The fourth-order valence-electron chi connectivity index (χ4n) is 2.12. The molecule has 0 saturated heterocycles. The number of hydrogen-bond donors (Lipinski definition) is 0. The number of nitrogens with zero attached hydrogens (tertiary/aromatic N) is 2. The van der Waals surface area contributed by atoms with Gasteiger partial charge in [-0.2, -0.15) is 5.10 Å². The third-order valence-corrected chi connectivity index (χ3v) is 4.37. The van der Waals surface area contributed by atoms with Gasteiger partial charge in [0, 0.05) is 11.8 Å². The van der Waals surface area contributed by atoms with Crippen LogP contribution in [0.3, 0.4) is 0 Å². The molecule has 3 rings (SSSR count). The second kappa shape index (κ2) is 5.38. The number of halogens is 1. The summed E-state index contributed by atoms with van der Waals surface area (Å²) in [6.45, 7) is 0. The van der Waals surface area contributed by atoms with Gasteiger partial charge in [-0.25, -0.2) is 17.5 Å². The Morgan fingerprint density at radius 2 is 1.68 bits per heavy atom. The monoisotopic (exact) mass is 315 g/mol. The van der Waals surface area contributed by atoms with E-state index in [2.05, 4.69) is 11.3 Å². The maximum atomic E-state index is 13.0. The van der Waals surface area contributed by atoms with Crippen molar-refractivity contribution in [1.82, 2.24) is 9.78 Å². The normalized spacial score (nSPS) is 11.5. The topological polar surface area (TPSA) is 52.0 Å². The number of aromatic nitrogens is 2. The van der Waals surface area contributed by atoms with Crippen molar-refractivity contribution in [2.75, 3.05) is 6.26 Å². The summed E-state index contributed by atoms with van der Waals surface area (Å²) in [5.74, 6) is -0.320. The van der Waals surface area contributed by atoms with Crippen molar-refractivity contribution in [1.29, 1.82) is 0 Å². The zero-order valence-electron chi connectivity index (χ0n) is 11.7. The van der Waals surface area contributed by atoms with E-state index in [0.29, 0.717) is 5.69 Å². The second-order valence-electron chi connectivity index (χ2n) is 4.84. The lowest BCUT2D eigenvalue weighted by molar-refractivity contribution is 0.602. The molecule has 0 atom stereocenters. The lowest BCUT2D eigenvalue weighted by atomic mass is 10.1. The van der Waals surface area contributed by atoms with Crippen LogP contribution >= 0.6 is 0 Å². The molecule has 0 spiro atoms. The Kier molecular flexibility index (Phi) is 3.54. The summed E-state index contributed by atoms with van der Waals surface area (Å²) in [6.07, 6.45) is 3.92. The SMILES string of the molecule is CS(=O)(=O)c1ccc(-c2c[c]nn2-c2ccc(F)cc2)cc1. The molecule has 0 amide bonds. The molecule has 1 radical (unpaired) electrons. The molecule has 111 valence electrons. The smallest absolute Gasteiger partial charge is 0.175 e. The predicted octanol–water partition coefficient (Wildman–Crippen LogP) is 2.88. The van der Waals surface area contributed by atoms with Crippen LogP contribution in [0.1, 0.15) is 0 Å². The van der Waals surface area contributed by atoms with E-state index < -0.39 is 9.84 Å². The van der Waals surface area contributed by atoms with Crippen LogP contribution in [0.5, 0.6) is 0 Å². The van der Waals surface area contributed by atoms with Crippen LogP contribution in [-0.4, -0.2) is 24.5 Å². The summed E-state index contributed by atoms with van der Waals surface area (Å²) in [7, 11) is -3.23. The molecule has 0 aliphatic rings. The predicted molar refractivity (Wildman–Crippen MR) is 80.9 cm³/mol. The average Bonchev–Trinajstić information content (AvgIpc) is 2.97. The van der Waals surface area contributed by atoms with Gasteiger partial charge in [-0.1, -0.05) is 12.1 Å². The van der Waals surface area contributed by atoms with Gasteiger partial charge in [-0.3, -0.25) is 0 Å². The van der Waals surface area contributed by atoms with Gasteiger partial charge in [0.15, 0.2) is 9.84 Å². The van der Waals surface area contributed by atoms with E-state index in [9.17, 15) is 12.8 Å². The highest BCUT2D eigenvalue weighted by Crippen LogP contribution is 2.23. The number of sulfone groups is 1. The zero-order chi connectivity index (χ0) is 15.7. The van der Waals surface area contributed by atoms with Gasteiger partial charge < -0.3 is 0 Å². The lowest BCUT2D eigenvalue weighted by Crippen LogP contribution is -2.00. The average molecular weight is 315 g/mol. The highest BCUT2D eigenvalue weighted by Gasteiger charge is 2.10. The van der Waals surface area contributed by atoms with Gasteiger partial charge in [0.05, 0.1) is 16.3 Å². The molecule has 22 heavy (non-hydrogen) atoms. The van der Waals surface area contributed by atoms with E-state index in [4.69, 9.17) is 0 Å². The van der Waals surface area contributed by atoms with Crippen molar-refractivity contribution >= 4 is 9.84 Å². The van der Waals surface area contributed by atoms with E-state index >= 15 is 0 Å². The van der Waals surface area contributed by atoms with Crippen LogP contribution in [0.4, 0.5) is 4.39 Å². The molecule has 0 fully saturated rings. The van der Waals surface area contributed by atoms with E-state index in [1.165, 1.54) is 18.4 Å². The first kappa shape index (κ1) is 14.5. The summed E-state index contributed by atoms with van der Waals surface area (Å²) in [5, 5.41) is 4.11. The second-order valence-corrected chi connectivity index (χ2v) is 6.86. The van der Waals surface area contributed by atoms with Gasteiger partial charge in [-0.15, -0.1) is 0 Å². The first-order valence-electron chi connectivity index (χ1n) is 6.48. The Morgan fingerprint density at radius 1 is 1.05 bits per heavy atom. The minimum absolute atomic E-state index is 0.257. The Morgan fingerprint density at radius 3 is 2.27 bits per heavy atom. The Labute approximate surface area is 127 Å². The van der Waals surface area contributed by atoms with Crippen LogP contribution in [0.2, 0.25) is 0 Å². The first-order valence-corrected chi connectivity index (χ1v) is 8.37. The van der Waals surface area contributed by atoms with Gasteiger partial charge >= 0.3 is 0 Å². The maximum Gasteiger partial charge on any atom is 0.175 e. The highest BCUT2D eigenvalue weighted by molar-refractivity contribution is 7.90. The zero-order valence-corrected chi connectivity index (χ0v) is 12.5. The van der Waals surface area contributed by atoms with Gasteiger partial charge in [0.1, 0.15) is 12.0 Å². The first-order chi connectivity index (χ1) is 10.4. The molecule has 2 aromatic carbocycles. The fourth-order valence-corrected chi connectivity index (χ4v) is 2.75. The van der Waals surface area contributed by atoms with Gasteiger partial charge in [-0.05, 0) is 42.5 Å². The minimum atomic E-state index is -3.23. The molecule has 0 saturated carbocycles. The summed E-state index contributed by atoms with van der Waals surface area (Å²) >= 11 is 0. The molecule has 3 aromatic rings. The van der Waals surface area contributed by atoms with E-state index in [1.54, 1.807) is 47.1 Å². The summed E-state index contributed by atoms with van der Waals surface area (Å²) in [6, 6.07) is 14.1. The number of rotatable bonds is 3. The van der Waals surface area contributed by atoms with Crippen molar-refractivity contribution < 1.29 is 12.8 Å². The molecule has 1 aromatic heterocycles. The van der Waals surface area contributed by atoms with E-state index in [0.717, 1.165) is 11.3 Å². The Balaban J connectivity index is 2.03. The molecular formula is C16H12FN2O2S. The Bertz CT molecular complexity index is 898. The molecule has 1 heterocycles. The van der Waals surface area contributed by atoms with Crippen LogP contribution in [0.15, 0.2) is 59.5 Å². The molecule has 0 aliphatic heterocycles. The van der Waals surface area contributed by atoms with Crippen molar-refractivity contribution in [2.24, 2.45) is 0 Å². The molecule has 0 unspecified atom stereocenters.